The van der Waals surface area contributed by atoms with Crippen molar-refractivity contribution in [2.24, 2.45) is 5.73 Å². The maximum atomic E-state index is 13.4. The van der Waals surface area contributed by atoms with Crippen molar-refractivity contribution < 1.29 is 9.18 Å². The lowest BCUT2D eigenvalue weighted by molar-refractivity contribution is -0.118. The third-order valence-corrected chi connectivity index (χ3v) is 3.08. The van der Waals surface area contributed by atoms with Crippen molar-refractivity contribution in [1.82, 2.24) is 9.78 Å². The van der Waals surface area contributed by atoms with E-state index in [0.29, 0.717) is 5.69 Å². The predicted octanol–water partition coefficient (Wildman–Crippen LogP) is 2.33. The molecular weight excluding hydrogens is 283 g/mol. The Morgan fingerprint density at radius 3 is 3.00 bits per heavy atom. The second-order valence-corrected chi connectivity index (χ2v) is 4.84. The van der Waals surface area contributed by atoms with Crippen LogP contribution < -0.4 is 11.1 Å². The summed E-state index contributed by atoms with van der Waals surface area (Å²) in [4.78, 5) is 10.8. The molecule has 1 unspecified atom stereocenters. The van der Waals surface area contributed by atoms with E-state index in [9.17, 15) is 9.18 Å². The summed E-state index contributed by atoms with van der Waals surface area (Å²) in [7, 11) is 0. The highest BCUT2D eigenvalue weighted by Gasteiger charge is 2.10. The molecule has 2 aromatic rings. The van der Waals surface area contributed by atoms with E-state index in [4.69, 9.17) is 17.3 Å². The number of hydrogen-bond acceptors (Lipinski definition) is 3. The lowest BCUT2D eigenvalue weighted by atomic mass is 10.1. The SMILES string of the molecule is CC(Nc1cnn(CC(N)=O)c1)c1ccc(Cl)c(F)c1. The van der Waals surface area contributed by atoms with Gasteiger partial charge in [0.15, 0.2) is 0 Å². The summed E-state index contributed by atoms with van der Waals surface area (Å²) in [5.74, 6) is -0.922. The van der Waals surface area contributed by atoms with Crippen molar-refractivity contribution in [3.8, 4) is 0 Å². The van der Waals surface area contributed by atoms with E-state index in [0.717, 1.165) is 5.56 Å². The Kier molecular flexibility index (Phi) is 4.24. The Labute approximate surface area is 120 Å². The first-order chi connectivity index (χ1) is 9.45. The van der Waals surface area contributed by atoms with E-state index in [1.807, 2.05) is 6.92 Å². The number of amides is 1. The number of benzene rings is 1. The fourth-order valence-electron chi connectivity index (χ4n) is 1.80. The van der Waals surface area contributed by atoms with E-state index in [1.165, 1.54) is 16.8 Å². The van der Waals surface area contributed by atoms with Gasteiger partial charge in [-0.25, -0.2) is 4.39 Å². The molecule has 1 amide bonds. The zero-order valence-electron chi connectivity index (χ0n) is 10.8. The van der Waals surface area contributed by atoms with E-state index >= 15 is 0 Å². The van der Waals surface area contributed by atoms with Gasteiger partial charge in [0.05, 0.1) is 16.9 Å². The summed E-state index contributed by atoms with van der Waals surface area (Å²) in [5.41, 5.74) is 6.56. The molecule has 0 fully saturated rings. The van der Waals surface area contributed by atoms with Gasteiger partial charge in [0.1, 0.15) is 12.4 Å². The molecule has 0 saturated carbocycles. The van der Waals surface area contributed by atoms with Gasteiger partial charge in [-0.2, -0.15) is 5.10 Å². The average Bonchev–Trinajstić information content (AvgIpc) is 2.79. The molecule has 0 spiro atoms. The molecule has 1 atom stereocenters. The van der Waals surface area contributed by atoms with Crippen molar-refractivity contribution in [2.75, 3.05) is 5.32 Å². The Bertz CT molecular complexity index is 629. The summed E-state index contributed by atoms with van der Waals surface area (Å²) in [5, 5.41) is 7.24. The molecule has 3 N–H and O–H groups in total. The van der Waals surface area contributed by atoms with Gasteiger partial charge in [0, 0.05) is 12.2 Å². The second kappa shape index (κ2) is 5.92. The Morgan fingerprint density at radius 1 is 1.60 bits per heavy atom. The van der Waals surface area contributed by atoms with Crippen LogP contribution in [0.4, 0.5) is 10.1 Å². The van der Waals surface area contributed by atoms with E-state index in [-0.39, 0.29) is 17.6 Å². The molecule has 0 aliphatic heterocycles. The first-order valence-corrected chi connectivity index (χ1v) is 6.35. The highest BCUT2D eigenvalue weighted by molar-refractivity contribution is 6.30. The third kappa shape index (κ3) is 3.48. The largest absolute Gasteiger partial charge is 0.376 e. The van der Waals surface area contributed by atoms with Crippen LogP contribution in [0.25, 0.3) is 0 Å². The van der Waals surface area contributed by atoms with Gasteiger partial charge >= 0.3 is 0 Å². The summed E-state index contributed by atoms with van der Waals surface area (Å²) in [6, 6.07) is 4.51. The van der Waals surface area contributed by atoms with Crippen LogP contribution in [0.5, 0.6) is 0 Å². The summed E-state index contributed by atoms with van der Waals surface area (Å²) < 4.78 is 14.8. The average molecular weight is 297 g/mol. The molecule has 2 rings (SSSR count). The van der Waals surface area contributed by atoms with Gasteiger partial charge in [0.2, 0.25) is 5.91 Å². The number of nitrogens with zero attached hydrogens (tertiary/aromatic N) is 2. The molecule has 7 heteroatoms. The van der Waals surface area contributed by atoms with Crippen LogP contribution in [0.15, 0.2) is 30.6 Å². The molecule has 0 bridgehead atoms. The minimum atomic E-state index is -0.465. The quantitative estimate of drug-likeness (QED) is 0.889. The Morgan fingerprint density at radius 2 is 2.35 bits per heavy atom. The van der Waals surface area contributed by atoms with Crippen LogP contribution in [-0.2, 0) is 11.3 Å². The van der Waals surface area contributed by atoms with Crippen molar-refractivity contribution in [3.05, 3.63) is 47.0 Å². The summed E-state index contributed by atoms with van der Waals surface area (Å²) in [6.45, 7) is 1.90. The molecule has 0 saturated heterocycles. The van der Waals surface area contributed by atoms with Gasteiger partial charge < -0.3 is 11.1 Å². The normalized spacial score (nSPS) is 12.2. The second-order valence-electron chi connectivity index (χ2n) is 4.43. The molecule has 5 nitrogen and oxygen atoms in total. The maximum absolute atomic E-state index is 13.4. The first-order valence-electron chi connectivity index (χ1n) is 5.98. The minimum Gasteiger partial charge on any atom is -0.376 e. The van der Waals surface area contributed by atoms with Crippen LogP contribution in [0, 0.1) is 5.82 Å². The third-order valence-electron chi connectivity index (χ3n) is 2.78. The van der Waals surface area contributed by atoms with E-state index < -0.39 is 11.7 Å². The Balaban J connectivity index is 2.06. The number of anilines is 1. The number of nitrogens with two attached hydrogens (primary N) is 1. The van der Waals surface area contributed by atoms with E-state index in [1.54, 1.807) is 18.5 Å². The topological polar surface area (TPSA) is 72.9 Å². The molecule has 20 heavy (non-hydrogen) atoms. The number of nitrogens with one attached hydrogen (secondary N) is 1. The smallest absolute Gasteiger partial charge is 0.239 e. The zero-order chi connectivity index (χ0) is 14.7. The van der Waals surface area contributed by atoms with Crippen molar-refractivity contribution in [2.45, 2.75) is 19.5 Å². The number of hydrogen-bond donors (Lipinski definition) is 2. The molecule has 0 radical (unpaired) electrons. The Hall–Kier alpha value is -2.08. The van der Waals surface area contributed by atoms with E-state index in [2.05, 4.69) is 10.4 Å². The van der Waals surface area contributed by atoms with Crippen molar-refractivity contribution in [1.29, 1.82) is 0 Å². The van der Waals surface area contributed by atoms with Crippen LogP contribution in [0.3, 0.4) is 0 Å². The fourth-order valence-corrected chi connectivity index (χ4v) is 1.92. The molecular formula is C13H14ClFN4O. The lowest BCUT2D eigenvalue weighted by Gasteiger charge is -2.14. The number of carbonyl (C=O) groups excluding carboxylic acids is 1. The number of carbonyl (C=O) groups is 1. The van der Waals surface area contributed by atoms with Gasteiger partial charge in [0.25, 0.3) is 0 Å². The molecule has 0 aliphatic carbocycles. The summed E-state index contributed by atoms with van der Waals surface area (Å²) in [6.07, 6.45) is 3.24. The van der Waals surface area contributed by atoms with Crippen molar-refractivity contribution >= 4 is 23.2 Å². The van der Waals surface area contributed by atoms with Crippen molar-refractivity contribution in [3.63, 3.8) is 0 Å². The molecule has 1 heterocycles. The number of aromatic nitrogens is 2. The van der Waals surface area contributed by atoms with Crippen LogP contribution in [0.2, 0.25) is 5.02 Å². The van der Waals surface area contributed by atoms with Crippen LogP contribution in [0.1, 0.15) is 18.5 Å². The predicted molar refractivity (Wildman–Crippen MR) is 74.9 cm³/mol. The number of primary amides is 1. The molecule has 1 aromatic heterocycles. The monoisotopic (exact) mass is 296 g/mol. The van der Waals surface area contributed by atoms with Gasteiger partial charge in [-0.1, -0.05) is 17.7 Å². The van der Waals surface area contributed by atoms with Gasteiger partial charge in [-0.3, -0.25) is 9.48 Å². The zero-order valence-corrected chi connectivity index (χ0v) is 11.6. The highest BCUT2D eigenvalue weighted by atomic mass is 35.5. The molecule has 0 aliphatic rings. The van der Waals surface area contributed by atoms with Gasteiger partial charge in [-0.15, -0.1) is 0 Å². The molecule has 1 aromatic carbocycles. The van der Waals surface area contributed by atoms with Gasteiger partial charge in [-0.05, 0) is 24.6 Å². The standard InChI is InChI=1S/C13H14ClFN4O/c1-8(9-2-3-11(14)12(15)4-9)18-10-5-17-19(6-10)7-13(16)20/h2-6,8,18H,7H2,1H3,(H2,16,20). The lowest BCUT2D eigenvalue weighted by Crippen LogP contribution is -2.18. The first kappa shape index (κ1) is 14.3. The highest BCUT2D eigenvalue weighted by Crippen LogP contribution is 2.23. The van der Waals surface area contributed by atoms with Crippen LogP contribution in [-0.4, -0.2) is 15.7 Å². The maximum Gasteiger partial charge on any atom is 0.239 e. The molecule has 106 valence electrons. The fraction of sp³-hybridized carbons (Fsp3) is 0.231. The summed E-state index contributed by atoms with van der Waals surface area (Å²) >= 11 is 5.64. The number of halogens is 2. The number of rotatable bonds is 5. The van der Waals surface area contributed by atoms with Crippen LogP contribution >= 0.6 is 11.6 Å². The minimum absolute atomic E-state index is 0.0195.